The van der Waals surface area contributed by atoms with Crippen LogP contribution in [0.1, 0.15) is 54.7 Å². The number of hydrogen-bond donors (Lipinski definition) is 1. The number of carbonyl (C=O) groups excluding carboxylic acids is 1. The van der Waals surface area contributed by atoms with Crippen LogP contribution < -0.4 is 4.90 Å². The molecule has 2 aromatic carbocycles. The van der Waals surface area contributed by atoms with E-state index in [0.29, 0.717) is 59.6 Å². The maximum absolute atomic E-state index is 15.0. The molecule has 210 valence electrons. The summed E-state index contributed by atoms with van der Waals surface area (Å²) in [5.74, 6) is -0.932. The van der Waals surface area contributed by atoms with Crippen LogP contribution in [-0.4, -0.2) is 69.3 Å². The van der Waals surface area contributed by atoms with Crippen molar-refractivity contribution >= 4 is 22.6 Å². The van der Waals surface area contributed by atoms with Gasteiger partial charge in [-0.2, -0.15) is 4.98 Å². The van der Waals surface area contributed by atoms with Gasteiger partial charge in [0, 0.05) is 43.5 Å². The molecular formula is C28H29F3N6O3. The molecule has 0 bridgehead atoms. The number of hydrogen-bond acceptors (Lipinski definition) is 8. The van der Waals surface area contributed by atoms with E-state index in [1.54, 1.807) is 6.07 Å². The van der Waals surface area contributed by atoms with Crippen LogP contribution in [0.2, 0.25) is 0 Å². The number of fused-ring (bicyclic) bond motifs is 1. The van der Waals surface area contributed by atoms with E-state index in [1.807, 2.05) is 4.90 Å². The molecule has 2 aromatic heterocycles. The third-order valence-corrected chi connectivity index (χ3v) is 7.08. The van der Waals surface area contributed by atoms with E-state index in [-0.39, 0.29) is 30.5 Å². The SMILES string of the molecule is CN(CCO)C(=O)c1ccc(-c2cc(F)cc3c(N4CCC(c5noc(C(C)(C)F)n5)CC4)ncnc23)cc1F. The summed E-state index contributed by atoms with van der Waals surface area (Å²) in [4.78, 5) is 28.8. The summed E-state index contributed by atoms with van der Waals surface area (Å²) in [6.45, 7) is 3.68. The van der Waals surface area contributed by atoms with Crippen molar-refractivity contribution in [2.24, 2.45) is 0 Å². The fourth-order valence-corrected chi connectivity index (χ4v) is 4.90. The second-order valence-electron chi connectivity index (χ2n) is 10.4. The summed E-state index contributed by atoms with van der Waals surface area (Å²) < 4.78 is 49.2. The molecule has 3 heterocycles. The van der Waals surface area contributed by atoms with Crippen molar-refractivity contribution in [3.63, 3.8) is 0 Å². The number of halogens is 3. The molecule has 1 amide bonds. The van der Waals surface area contributed by atoms with Gasteiger partial charge in [-0.05, 0) is 56.5 Å². The zero-order valence-electron chi connectivity index (χ0n) is 22.4. The predicted octanol–water partition coefficient (Wildman–Crippen LogP) is 4.61. The first-order chi connectivity index (χ1) is 19.1. The average Bonchev–Trinajstić information content (AvgIpc) is 3.43. The Bertz CT molecular complexity index is 1550. The van der Waals surface area contributed by atoms with E-state index in [2.05, 4.69) is 20.1 Å². The van der Waals surface area contributed by atoms with E-state index >= 15 is 4.39 Å². The van der Waals surface area contributed by atoms with Crippen LogP contribution in [0.5, 0.6) is 0 Å². The number of nitrogens with zero attached hydrogens (tertiary/aromatic N) is 6. The van der Waals surface area contributed by atoms with E-state index in [0.717, 1.165) is 0 Å². The topological polar surface area (TPSA) is 108 Å². The standard InChI is InChI=1S/C28H29F3N6O3/c1-28(2,31)27-34-24(35-40-27)16-6-8-37(9-7-16)25-21-14-18(29)13-20(23(21)32-15-33-25)17-4-5-19(22(30)12-17)26(39)36(3)10-11-38/h4-5,12-16,38H,6-11H2,1-3H3. The molecule has 40 heavy (non-hydrogen) atoms. The summed E-state index contributed by atoms with van der Waals surface area (Å²) in [7, 11) is 1.47. The number of carbonyl (C=O) groups is 1. The smallest absolute Gasteiger partial charge is 0.263 e. The molecule has 12 heteroatoms. The van der Waals surface area contributed by atoms with Gasteiger partial charge in [-0.15, -0.1) is 0 Å². The van der Waals surface area contributed by atoms with E-state index in [9.17, 15) is 13.6 Å². The zero-order chi connectivity index (χ0) is 28.6. The maximum Gasteiger partial charge on any atom is 0.263 e. The van der Waals surface area contributed by atoms with Gasteiger partial charge in [-0.1, -0.05) is 11.2 Å². The molecule has 0 unspecified atom stereocenters. The zero-order valence-corrected chi connectivity index (χ0v) is 22.4. The molecule has 0 atom stereocenters. The number of anilines is 1. The molecule has 1 aliphatic heterocycles. The van der Waals surface area contributed by atoms with E-state index in [1.165, 1.54) is 56.4 Å². The highest BCUT2D eigenvalue weighted by Crippen LogP contribution is 2.36. The van der Waals surface area contributed by atoms with Crippen LogP contribution in [0.3, 0.4) is 0 Å². The minimum absolute atomic E-state index is 0.0166. The highest BCUT2D eigenvalue weighted by molar-refractivity contribution is 6.00. The first-order valence-electron chi connectivity index (χ1n) is 12.9. The van der Waals surface area contributed by atoms with Crippen LogP contribution in [0.15, 0.2) is 41.2 Å². The van der Waals surface area contributed by atoms with Crippen LogP contribution in [-0.2, 0) is 5.67 Å². The first kappa shape index (κ1) is 27.5. The van der Waals surface area contributed by atoms with Crippen LogP contribution >= 0.6 is 0 Å². The van der Waals surface area contributed by atoms with Crippen molar-refractivity contribution in [3.8, 4) is 11.1 Å². The van der Waals surface area contributed by atoms with Crippen molar-refractivity contribution in [1.82, 2.24) is 25.0 Å². The lowest BCUT2D eigenvalue weighted by atomic mass is 9.95. The predicted molar refractivity (Wildman–Crippen MR) is 142 cm³/mol. The molecular weight excluding hydrogens is 525 g/mol. The Kier molecular flexibility index (Phi) is 7.45. The molecule has 1 saturated heterocycles. The normalized spacial score (nSPS) is 14.6. The maximum atomic E-state index is 15.0. The van der Waals surface area contributed by atoms with Gasteiger partial charge in [0.1, 0.15) is 23.8 Å². The molecule has 0 radical (unpaired) electrons. The number of rotatable bonds is 7. The lowest BCUT2D eigenvalue weighted by molar-refractivity contribution is 0.0762. The Morgan fingerprint density at radius 2 is 1.93 bits per heavy atom. The fraction of sp³-hybridized carbons (Fsp3) is 0.393. The summed E-state index contributed by atoms with van der Waals surface area (Å²) in [6, 6.07) is 6.70. The Morgan fingerprint density at radius 3 is 2.58 bits per heavy atom. The van der Waals surface area contributed by atoms with E-state index < -0.39 is 23.2 Å². The number of amides is 1. The number of aliphatic hydroxyl groups is 1. The molecule has 1 aliphatic rings. The van der Waals surface area contributed by atoms with Crippen molar-refractivity contribution in [2.75, 3.05) is 38.2 Å². The van der Waals surface area contributed by atoms with Gasteiger partial charge in [0.25, 0.3) is 11.8 Å². The van der Waals surface area contributed by atoms with Gasteiger partial charge in [0.15, 0.2) is 11.5 Å². The fourth-order valence-electron chi connectivity index (χ4n) is 4.90. The lowest BCUT2D eigenvalue weighted by Gasteiger charge is -2.32. The Labute approximate surface area is 228 Å². The quantitative estimate of drug-likeness (QED) is 0.353. The minimum Gasteiger partial charge on any atom is -0.395 e. The summed E-state index contributed by atoms with van der Waals surface area (Å²) in [5.41, 5.74) is -0.707. The van der Waals surface area contributed by atoms with Gasteiger partial charge >= 0.3 is 0 Å². The van der Waals surface area contributed by atoms with Crippen LogP contribution in [0, 0.1) is 11.6 Å². The van der Waals surface area contributed by atoms with Gasteiger partial charge in [0.2, 0.25) is 0 Å². The van der Waals surface area contributed by atoms with Crippen LogP contribution in [0.4, 0.5) is 19.0 Å². The first-order valence-corrected chi connectivity index (χ1v) is 12.9. The number of aliphatic hydroxyl groups excluding tert-OH is 1. The number of benzene rings is 2. The summed E-state index contributed by atoms with van der Waals surface area (Å²) >= 11 is 0. The molecule has 0 saturated carbocycles. The largest absolute Gasteiger partial charge is 0.395 e. The van der Waals surface area contributed by atoms with Crippen molar-refractivity contribution in [2.45, 2.75) is 38.3 Å². The monoisotopic (exact) mass is 554 g/mol. The molecule has 0 aliphatic carbocycles. The number of alkyl halides is 1. The Hall–Kier alpha value is -4.06. The second-order valence-corrected chi connectivity index (χ2v) is 10.4. The number of likely N-dealkylation sites (N-methyl/N-ethyl adjacent to an activating group) is 1. The third kappa shape index (κ3) is 5.35. The van der Waals surface area contributed by atoms with Gasteiger partial charge in [0.05, 0.1) is 17.7 Å². The molecule has 4 aromatic rings. The summed E-state index contributed by atoms with van der Waals surface area (Å²) in [6.07, 6.45) is 2.70. The molecule has 1 N–H and O–H groups in total. The van der Waals surface area contributed by atoms with Crippen molar-refractivity contribution in [1.29, 1.82) is 0 Å². The second kappa shape index (κ2) is 10.8. The highest BCUT2D eigenvalue weighted by atomic mass is 19.1. The highest BCUT2D eigenvalue weighted by Gasteiger charge is 2.31. The van der Waals surface area contributed by atoms with E-state index in [4.69, 9.17) is 9.63 Å². The Morgan fingerprint density at radius 1 is 1.18 bits per heavy atom. The minimum atomic E-state index is -1.72. The van der Waals surface area contributed by atoms with Gasteiger partial charge in [-0.3, -0.25) is 4.79 Å². The number of piperidine rings is 1. The molecule has 5 rings (SSSR count). The lowest BCUT2D eigenvalue weighted by Crippen LogP contribution is -2.34. The third-order valence-electron chi connectivity index (χ3n) is 7.08. The molecule has 0 spiro atoms. The van der Waals surface area contributed by atoms with Crippen molar-refractivity contribution < 1.29 is 27.6 Å². The number of aromatic nitrogens is 4. The summed E-state index contributed by atoms with van der Waals surface area (Å²) in [5, 5.41) is 13.5. The molecule has 9 nitrogen and oxygen atoms in total. The van der Waals surface area contributed by atoms with Crippen LogP contribution in [0.25, 0.3) is 22.0 Å². The van der Waals surface area contributed by atoms with Gasteiger partial charge in [-0.25, -0.2) is 23.1 Å². The molecule has 1 fully saturated rings. The van der Waals surface area contributed by atoms with Crippen molar-refractivity contribution in [3.05, 3.63) is 65.6 Å². The average molecular weight is 555 g/mol. The van der Waals surface area contributed by atoms with Gasteiger partial charge < -0.3 is 19.4 Å². The Balaban J connectivity index is 1.42.